The highest BCUT2D eigenvalue weighted by Crippen LogP contribution is 2.24. The molecule has 0 amide bonds. The van der Waals surface area contributed by atoms with Crippen molar-refractivity contribution >= 4 is 17.3 Å². The number of nitrogens with one attached hydrogen (secondary N) is 1. The molecule has 2 unspecified atom stereocenters. The molecule has 1 aliphatic carbocycles. The van der Waals surface area contributed by atoms with E-state index in [4.69, 9.17) is 22.0 Å². The van der Waals surface area contributed by atoms with Gasteiger partial charge >= 0.3 is 0 Å². The molecule has 2 N–H and O–H groups in total. The van der Waals surface area contributed by atoms with Crippen LogP contribution in [0.4, 0.5) is 5.69 Å². The van der Waals surface area contributed by atoms with Gasteiger partial charge in [-0.1, -0.05) is 23.8 Å². The number of nitrogens with zero attached hydrogens (tertiary/aromatic N) is 1. The van der Waals surface area contributed by atoms with Crippen molar-refractivity contribution < 1.29 is 5.11 Å². The van der Waals surface area contributed by atoms with E-state index in [0.717, 1.165) is 12.1 Å². The maximum absolute atomic E-state index is 9.03. The quantitative estimate of drug-likeness (QED) is 0.809. The van der Waals surface area contributed by atoms with Gasteiger partial charge < -0.3 is 10.4 Å². The first kappa shape index (κ1) is 12.0. The summed E-state index contributed by atoms with van der Waals surface area (Å²) < 4.78 is 0. The van der Waals surface area contributed by atoms with Crippen LogP contribution in [-0.2, 0) is 0 Å². The number of anilines is 1. The number of benzene rings is 1. The molecule has 1 aromatic rings. The van der Waals surface area contributed by atoms with Gasteiger partial charge in [-0.15, -0.1) is 0 Å². The van der Waals surface area contributed by atoms with E-state index in [2.05, 4.69) is 5.32 Å². The van der Waals surface area contributed by atoms with Gasteiger partial charge in [-0.2, -0.15) is 5.26 Å². The molecule has 0 aliphatic heterocycles. The molecule has 2 atom stereocenters. The molecule has 1 aliphatic rings. The summed E-state index contributed by atoms with van der Waals surface area (Å²) in [7, 11) is 0. The third-order valence-corrected chi connectivity index (χ3v) is 3.16. The van der Waals surface area contributed by atoms with Gasteiger partial charge in [0.15, 0.2) is 0 Å². The van der Waals surface area contributed by atoms with Gasteiger partial charge in [-0.3, -0.25) is 0 Å². The van der Waals surface area contributed by atoms with Crippen molar-refractivity contribution in [3.05, 3.63) is 40.9 Å². The molecule has 17 heavy (non-hydrogen) atoms. The van der Waals surface area contributed by atoms with Crippen molar-refractivity contribution in [3.63, 3.8) is 0 Å². The SMILES string of the molecule is N#Cc1ccc(NC2C=CC(CO)C2)cc1Cl. The lowest BCUT2D eigenvalue weighted by atomic mass is 10.1. The van der Waals surface area contributed by atoms with Crippen LogP contribution in [0.1, 0.15) is 12.0 Å². The molecule has 0 spiro atoms. The largest absolute Gasteiger partial charge is 0.396 e. The van der Waals surface area contributed by atoms with Crippen LogP contribution in [-0.4, -0.2) is 17.8 Å². The van der Waals surface area contributed by atoms with Gasteiger partial charge in [0.2, 0.25) is 0 Å². The average molecular weight is 249 g/mol. The Kier molecular flexibility index (Phi) is 3.68. The predicted molar refractivity (Wildman–Crippen MR) is 67.9 cm³/mol. The second-order valence-electron chi connectivity index (χ2n) is 4.12. The number of hydrogen-bond donors (Lipinski definition) is 2. The molecule has 0 saturated carbocycles. The summed E-state index contributed by atoms with van der Waals surface area (Å²) in [4.78, 5) is 0. The first-order valence-electron chi connectivity index (χ1n) is 5.48. The summed E-state index contributed by atoms with van der Waals surface area (Å²) in [5, 5.41) is 21.6. The molecule has 1 aromatic carbocycles. The normalized spacial score (nSPS) is 22.4. The summed E-state index contributed by atoms with van der Waals surface area (Å²) in [5.41, 5.74) is 1.37. The van der Waals surface area contributed by atoms with E-state index in [0.29, 0.717) is 10.6 Å². The van der Waals surface area contributed by atoms with Crippen LogP contribution >= 0.6 is 11.6 Å². The number of aliphatic hydroxyl groups is 1. The van der Waals surface area contributed by atoms with Gasteiger partial charge in [0.1, 0.15) is 6.07 Å². The molecule has 0 saturated heterocycles. The molecule has 2 rings (SSSR count). The van der Waals surface area contributed by atoms with Gasteiger partial charge in [-0.25, -0.2) is 0 Å². The van der Waals surface area contributed by atoms with E-state index in [1.165, 1.54) is 0 Å². The van der Waals surface area contributed by atoms with Crippen molar-refractivity contribution in [1.82, 2.24) is 0 Å². The van der Waals surface area contributed by atoms with Crippen LogP contribution in [0.5, 0.6) is 0 Å². The minimum absolute atomic E-state index is 0.183. The average Bonchev–Trinajstić information content (AvgIpc) is 2.77. The van der Waals surface area contributed by atoms with Crippen LogP contribution < -0.4 is 5.32 Å². The highest BCUT2D eigenvalue weighted by molar-refractivity contribution is 6.32. The number of hydrogen-bond acceptors (Lipinski definition) is 3. The molecular weight excluding hydrogens is 236 g/mol. The minimum atomic E-state index is 0.183. The number of nitriles is 1. The van der Waals surface area contributed by atoms with E-state index < -0.39 is 0 Å². The summed E-state index contributed by atoms with van der Waals surface area (Å²) >= 11 is 5.95. The fraction of sp³-hybridized carbons (Fsp3) is 0.308. The third kappa shape index (κ3) is 2.79. The van der Waals surface area contributed by atoms with Crippen LogP contribution in [0.3, 0.4) is 0 Å². The van der Waals surface area contributed by atoms with Crippen molar-refractivity contribution in [3.8, 4) is 6.07 Å². The van der Waals surface area contributed by atoms with Crippen LogP contribution in [0, 0.1) is 17.2 Å². The molecule has 0 fully saturated rings. The Morgan fingerprint density at radius 3 is 2.88 bits per heavy atom. The number of halogens is 1. The zero-order valence-electron chi connectivity index (χ0n) is 9.23. The van der Waals surface area contributed by atoms with E-state index >= 15 is 0 Å². The second kappa shape index (κ2) is 5.22. The summed E-state index contributed by atoms with van der Waals surface area (Å²) in [6.07, 6.45) is 4.95. The van der Waals surface area contributed by atoms with Crippen LogP contribution in [0.15, 0.2) is 30.4 Å². The number of rotatable bonds is 3. The maximum Gasteiger partial charge on any atom is 0.101 e. The lowest BCUT2D eigenvalue weighted by Crippen LogP contribution is -2.16. The van der Waals surface area contributed by atoms with Gasteiger partial charge in [0.05, 0.1) is 10.6 Å². The monoisotopic (exact) mass is 248 g/mol. The molecule has 0 bridgehead atoms. The van der Waals surface area contributed by atoms with Gasteiger partial charge in [0.25, 0.3) is 0 Å². The van der Waals surface area contributed by atoms with E-state index in [1.54, 1.807) is 12.1 Å². The second-order valence-corrected chi connectivity index (χ2v) is 4.53. The fourth-order valence-electron chi connectivity index (χ4n) is 1.93. The first-order chi connectivity index (χ1) is 8.22. The van der Waals surface area contributed by atoms with Crippen molar-refractivity contribution in [2.45, 2.75) is 12.5 Å². The molecule has 4 heteroatoms. The lowest BCUT2D eigenvalue weighted by molar-refractivity contribution is 0.250. The Labute approximate surface area is 105 Å². The molecule has 0 heterocycles. The van der Waals surface area contributed by atoms with E-state index in [9.17, 15) is 0 Å². The maximum atomic E-state index is 9.03. The topological polar surface area (TPSA) is 56.0 Å². The van der Waals surface area contributed by atoms with Crippen LogP contribution in [0.2, 0.25) is 5.02 Å². The molecule has 0 radical (unpaired) electrons. The molecular formula is C13H13ClN2O. The third-order valence-electron chi connectivity index (χ3n) is 2.85. The zero-order valence-corrected chi connectivity index (χ0v) is 9.98. The van der Waals surface area contributed by atoms with E-state index in [1.807, 2.05) is 24.3 Å². The Morgan fingerprint density at radius 2 is 2.29 bits per heavy atom. The van der Waals surface area contributed by atoms with Crippen LogP contribution in [0.25, 0.3) is 0 Å². The summed E-state index contributed by atoms with van der Waals surface area (Å²) in [6, 6.07) is 7.53. The molecule has 0 aromatic heterocycles. The summed E-state index contributed by atoms with van der Waals surface area (Å²) in [6.45, 7) is 0.183. The van der Waals surface area contributed by atoms with Gasteiger partial charge in [0, 0.05) is 24.3 Å². The van der Waals surface area contributed by atoms with Crippen molar-refractivity contribution in [2.75, 3.05) is 11.9 Å². The van der Waals surface area contributed by atoms with Gasteiger partial charge in [-0.05, 0) is 24.6 Å². The Hall–Kier alpha value is -1.50. The highest BCUT2D eigenvalue weighted by atomic mass is 35.5. The predicted octanol–water partition coefficient (Wildman–Crippen LogP) is 2.56. The zero-order chi connectivity index (χ0) is 12.3. The smallest absolute Gasteiger partial charge is 0.101 e. The lowest BCUT2D eigenvalue weighted by Gasteiger charge is -2.14. The Morgan fingerprint density at radius 1 is 1.47 bits per heavy atom. The first-order valence-corrected chi connectivity index (χ1v) is 5.86. The standard InChI is InChI=1S/C13H13ClN2O/c14-13-6-12(4-2-10(13)7-15)16-11-3-1-9(5-11)8-17/h1-4,6,9,11,16-17H,5,8H2. The van der Waals surface area contributed by atoms with Crippen molar-refractivity contribution in [1.29, 1.82) is 5.26 Å². The molecule has 3 nitrogen and oxygen atoms in total. The fourth-order valence-corrected chi connectivity index (χ4v) is 2.15. The Balaban J connectivity index is 2.03. The van der Waals surface area contributed by atoms with Crippen molar-refractivity contribution in [2.24, 2.45) is 5.92 Å². The Bertz CT molecular complexity index is 479. The molecule has 88 valence electrons. The minimum Gasteiger partial charge on any atom is -0.396 e. The highest BCUT2D eigenvalue weighted by Gasteiger charge is 2.17. The summed E-state index contributed by atoms with van der Waals surface area (Å²) in [5.74, 6) is 0.237. The van der Waals surface area contributed by atoms with E-state index in [-0.39, 0.29) is 18.6 Å². The number of aliphatic hydroxyl groups excluding tert-OH is 1.